The second-order valence-corrected chi connectivity index (χ2v) is 5.28. The molecule has 0 fully saturated rings. The van der Waals surface area contributed by atoms with Crippen LogP contribution in [0.2, 0.25) is 0 Å². The summed E-state index contributed by atoms with van der Waals surface area (Å²) >= 11 is 3.45. The predicted octanol–water partition coefficient (Wildman–Crippen LogP) is 3.94. The Kier molecular flexibility index (Phi) is 2.84. The Balaban J connectivity index is 2.32. The molecule has 92 valence electrons. The zero-order valence-electron chi connectivity index (χ0n) is 10.3. The molecule has 0 aliphatic rings. The number of benzene rings is 1. The number of imidazole rings is 1. The van der Waals surface area contributed by atoms with Gasteiger partial charge in [0.25, 0.3) is 0 Å². The van der Waals surface area contributed by atoms with Crippen molar-refractivity contribution >= 4 is 21.4 Å². The minimum Gasteiger partial charge on any atom is -0.297 e. The van der Waals surface area contributed by atoms with Crippen LogP contribution in [0.1, 0.15) is 11.3 Å². The fourth-order valence-electron chi connectivity index (χ4n) is 2.05. The number of rotatable bonds is 1. The average Bonchev–Trinajstić information content (AvgIpc) is 2.77. The highest BCUT2D eigenvalue weighted by atomic mass is 79.9. The van der Waals surface area contributed by atoms with Crippen molar-refractivity contribution in [3.05, 3.63) is 58.3 Å². The highest BCUT2D eigenvalue weighted by Gasteiger charge is 2.12. The van der Waals surface area contributed by atoms with Crippen LogP contribution in [0.4, 0.5) is 0 Å². The zero-order valence-corrected chi connectivity index (χ0v) is 11.8. The lowest BCUT2D eigenvalue weighted by Crippen LogP contribution is -1.89. The molecule has 3 nitrogen and oxygen atoms in total. The van der Waals surface area contributed by atoms with E-state index in [0.717, 1.165) is 21.4 Å². The van der Waals surface area contributed by atoms with Gasteiger partial charge in [-0.15, -0.1) is 0 Å². The van der Waals surface area contributed by atoms with Gasteiger partial charge in [-0.1, -0.05) is 29.8 Å². The summed E-state index contributed by atoms with van der Waals surface area (Å²) in [5.41, 5.74) is 3.47. The minimum absolute atomic E-state index is 0.447. The summed E-state index contributed by atoms with van der Waals surface area (Å²) in [6.45, 7) is 2.05. The Morgan fingerprint density at radius 3 is 2.58 bits per heavy atom. The molecule has 0 bridgehead atoms. The predicted molar refractivity (Wildman–Crippen MR) is 77.8 cm³/mol. The second kappa shape index (κ2) is 4.52. The van der Waals surface area contributed by atoms with Crippen molar-refractivity contribution in [3.63, 3.8) is 0 Å². The number of aromatic nitrogens is 2. The van der Waals surface area contributed by atoms with E-state index in [1.54, 1.807) is 0 Å². The van der Waals surface area contributed by atoms with E-state index in [1.807, 2.05) is 53.9 Å². The lowest BCUT2D eigenvalue weighted by Gasteiger charge is -2.02. The van der Waals surface area contributed by atoms with Crippen LogP contribution in [0.15, 0.2) is 47.1 Å². The van der Waals surface area contributed by atoms with Gasteiger partial charge in [0.15, 0.2) is 5.69 Å². The average molecular weight is 312 g/mol. The third-order valence-electron chi connectivity index (χ3n) is 3.02. The standard InChI is InChI=1S/C15H10BrN3/c1-10-2-4-11(5-3-10)15-18-13(8-17)14-7-6-12(16)9-19(14)15/h2-7,9H,1H3. The fraction of sp³-hybridized carbons (Fsp3) is 0.0667. The molecule has 0 saturated carbocycles. The molecule has 0 unspecified atom stereocenters. The van der Waals surface area contributed by atoms with Crippen molar-refractivity contribution in [1.82, 2.24) is 9.38 Å². The summed E-state index contributed by atoms with van der Waals surface area (Å²) in [6.07, 6.45) is 1.93. The normalized spacial score (nSPS) is 10.6. The van der Waals surface area contributed by atoms with Gasteiger partial charge in [0.05, 0.1) is 5.52 Å². The number of nitrogens with zero attached hydrogens (tertiary/aromatic N) is 3. The Hall–Kier alpha value is -2.12. The third-order valence-corrected chi connectivity index (χ3v) is 3.49. The van der Waals surface area contributed by atoms with Crippen LogP contribution in [0.25, 0.3) is 16.9 Å². The lowest BCUT2D eigenvalue weighted by atomic mass is 10.1. The molecule has 1 aromatic carbocycles. The Morgan fingerprint density at radius 2 is 1.89 bits per heavy atom. The van der Waals surface area contributed by atoms with Crippen molar-refractivity contribution in [2.75, 3.05) is 0 Å². The maximum atomic E-state index is 9.17. The first-order valence-electron chi connectivity index (χ1n) is 5.84. The molecular weight excluding hydrogens is 302 g/mol. The van der Waals surface area contributed by atoms with Crippen molar-refractivity contribution < 1.29 is 0 Å². The number of hydrogen-bond acceptors (Lipinski definition) is 2. The number of nitriles is 1. The van der Waals surface area contributed by atoms with Crippen LogP contribution >= 0.6 is 15.9 Å². The molecule has 4 heteroatoms. The van der Waals surface area contributed by atoms with Crippen LogP contribution in [0.3, 0.4) is 0 Å². The topological polar surface area (TPSA) is 41.1 Å². The molecule has 0 amide bonds. The van der Waals surface area contributed by atoms with Gasteiger partial charge in [-0.05, 0) is 35.0 Å². The van der Waals surface area contributed by atoms with Gasteiger partial charge in [-0.3, -0.25) is 4.40 Å². The monoisotopic (exact) mass is 311 g/mol. The molecular formula is C15H10BrN3. The first kappa shape index (κ1) is 11.9. The summed E-state index contributed by atoms with van der Waals surface area (Å²) in [7, 11) is 0. The van der Waals surface area contributed by atoms with E-state index in [9.17, 15) is 5.26 Å². The highest BCUT2D eigenvalue weighted by molar-refractivity contribution is 9.10. The maximum Gasteiger partial charge on any atom is 0.166 e. The molecule has 3 aromatic rings. The minimum atomic E-state index is 0.447. The van der Waals surface area contributed by atoms with Gasteiger partial charge in [0.1, 0.15) is 11.9 Å². The summed E-state index contributed by atoms with van der Waals surface area (Å²) in [6, 6.07) is 14.1. The molecule has 3 rings (SSSR count). The van der Waals surface area contributed by atoms with E-state index in [2.05, 4.69) is 27.0 Å². The van der Waals surface area contributed by atoms with Crippen molar-refractivity contribution in [2.24, 2.45) is 0 Å². The number of hydrogen-bond donors (Lipinski definition) is 0. The Morgan fingerprint density at radius 1 is 1.16 bits per heavy atom. The quantitative estimate of drug-likeness (QED) is 0.683. The summed E-state index contributed by atoms with van der Waals surface area (Å²) in [5, 5.41) is 9.17. The van der Waals surface area contributed by atoms with E-state index in [-0.39, 0.29) is 0 Å². The SMILES string of the molecule is Cc1ccc(-c2nc(C#N)c3ccc(Br)cn23)cc1. The lowest BCUT2D eigenvalue weighted by molar-refractivity contribution is 1.15. The zero-order chi connectivity index (χ0) is 13.4. The van der Waals surface area contributed by atoms with E-state index in [4.69, 9.17) is 0 Å². The van der Waals surface area contributed by atoms with Crippen LogP contribution < -0.4 is 0 Å². The van der Waals surface area contributed by atoms with Crippen molar-refractivity contribution in [2.45, 2.75) is 6.92 Å². The molecule has 0 saturated heterocycles. The molecule has 0 aliphatic carbocycles. The smallest absolute Gasteiger partial charge is 0.166 e. The van der Waals surface area contributed by atoms with E-state index in [1.165, 1.54) is 5.56 Å². The molecule has 0 radical (unpaired) electrons. The molecule has 2 aromatic heterocycles. The van der Waals surface area contributed by atoms with Crippen LogP contribution in [0.5, 0.6) is 0 Å². The van der Waals surface area contributed by atoms with Crippen LogP contribution in [-0.2, 0) is 0 Å². The van der Waals surface area contributed by atoms with Crippen molar-refractivity contribution in [1.29, 1.82) is 5.26 Å². The molecule has 0 N–H and O–H groups in total. The Bertz CT molecular complexity index is 795. The summed E-state index contributed by atoms with van der Waals surface area (Å²) in [5.74, 6) is 0.785. The maximum absolute atomic E-state index is 9.17. The third kappa shape index (κ3) is 2.02. The molecule has 0 spiro atoms. The van der Waals surface area contributed by atoms with E-state index in [0.29, 0.717) is 5.69 Å². The summed E-state index contributed by atoms with van der Waals surface area (Å²) in [4.78, 5) is 4.43. The second-order valence-electron chi connectivity index (χ2n) is 4.36. The largest absolute Gasteiger partial charge is 0.297 e. The number of pyridine rings is 1. The number of halogens is 1. The van der Waals surface area contributed by atoms with Gasteiger partial charge in [-0.2, -0.15) is 5.26 Å². The van der Waals surface area contributed by atoms with Crippen LogP contribution in [-0.4, -0.2) is 9.38 Å². The molecule has 2 heterocycles. The van der Waals surface area contributed by atoms with Gasteiger partial charge >= 0.3 is 0 Å². The van der Waals surface area contributed by atoms with Crippen molar-refractivity contribution in [3.8, 4) is 17.5 Å². The first-order valence-corrected chi connectivity index (χ1v) is 6.63. The number of aryl methyl sites for hydroxylation is 1. The molecule has 0 atom stereocenters. The highest BCUT2D eigenvalue weighted by Crippen LogP contribution is 2.24. The van der Waals surface area contributed by atoms with Gasteiger partial charge in [0, 0.05) is 16.2 Å². The van der Waals surface area contributed by atoms with Gasteiger partial charge < -0.3 is 0 Å². The fourth-order valence-corrected chi connectivity index (χ4v) is 2.39. The Labute approximate surface area is 119 Å². The molecule has 0 aliphatic heterocycles. The first-order chi connectivity index (χ1) is 9.19. The van der Waals surface area contributed by atoms with Gasteiger partial charge in [0.2, 0.25) is 0 Å². The van der Waals surface area contributed by atoms with E-state index >= 15 is 0 Å². The number of fused-ring (bicyclic) bond motifs is 1. The van der Waals surface area contributed by atoms with Crippen LogP contribution in [0, 0.1) is 18.3 Å². The van der Waals surface area contributed by atoms with E-state index < -0.39 is 0 Å². The van der Waals surface area contributed by atoms with Gasteiger partial charge in [-0.25, -0.2) is 4.98 Å². The molecule has 19 heavy (non-hydrogen) atoms. The summed E-state index contributed by atoms with van der Waals surface area (Å²) < 4.78 is 2.89.